The van der Waals surface area contributed by atoms with Crippen molar-refractivity contribution in [3.63, 3.8) is 0 Å². The van der Waals surface area contributed by atoms with E-state index in [1.54, 1.807) is 24.0 Å². The molecule has 24 heavy (non-hydrogen) atoms. The normalized spacial score (nSPS) is 16.8. The van der Waals surface area contributed by atoms with Crippen LogP contribution in [-0.4, -0.2) is 34.5 Å². The van der Waals surface area contributed by atoms with E-state index < -0.39 is 5.97 Å². The average molecular weight is 325 g/mol. The molecule has 5 nitrogen and oxygen atoms in total. The molecule has 1 heterocycles. The molecule has 0 saturated heterocycles. The van der Waals surface area contributed by atoms with Gasteiger partial charge in [0.15, 0.2) is 0 Å². The Morgan fingerprint density at radius 3 is 2.62 bits per heavy atom. The van der Waals surface area contributed by atoms with Crippen LogP contribution in [0.5, 0.6) is 5.75 Å². The molecular weight excluding hydrogens is 306 g/mol. The highest BCUT2D eigenvalue weighted by atomic mass is 16.5. The molecule has 1 atom stereocenters. The number of fused-ring (bicyclic) bond motifs is 1. The van der Waals surface area contributed by atoms with Crippen molar-refractivity contribution >= 4 is 11.9 Å². The van der Waals surface area contributed by atoms with Crippen LogP contribution < -0.4 is 4.74 Å². The van der Waals surface area contributed by atoms with E-state index >= 15 is 0 Å². The zero-order valence-corrected chi connectivity index (χ0v) is 13.7. The SMILES string of the molecule is Cc1cc(C(=O)O)cc(C(=O)N2Cc3ccccc3OCC2C)c1. The molecule has 0 aliphatic carbocycles. The van der Waals surface area contributed by atoms with Gasteiger partial charge in [0.05, 0.1) is 18.2 Å². The second kappa shape index (κ2) is 6.35. The summed E-state index contributed by atoms with van der Waals surface area (Å²) in [5.74, 6) is -0.436. The maximum absolute atomic E-state index is 13.0. The van der Waals surface area contributed by atoms with Crippen LogP contribution in [-0.2, 0) is 6.54 Å². The van der Waals surface area contributed by atoms with Gasteiger partial charge in [-0.3, -0.25) is 4.79 Å². The number of hydrogen-bond acceptors (Lipinski definition) is 3. The van der Waals surface area contributed by atoms with E-state index in [9.17, 15) is 14.7 Å². The Morgan fingerprint density at radius 1 is 1.17 bits per heavy atom. The van der Waals surface area contributed by atoms with E-state index in [0.717, 1.165) is 16.9 Å². The number of ether oxygens (including phenoxy) is 1. The maximum Gasteiger partial charge on any atom is 0.335 e. The van der Waals surface area contributed by atoms with Gasteiger partial charge in [0.1, 0.15) is 12.4 Å². The average Bonchev–Trinajstić information content (AvgIpc) is 2.73. The summed E-state index contributed by atoms with van der Waals surface area (Å²) < 4.78 is 5.77. The first kappa shape index (κ1) is 16.1. The number of carbonyl (C=O) groups is 2. The van der Waals surface area contributed by atoms with Gasteiger partial charge < -0.3 is 14.7 Å². The van der Waals surface area contributed by atoms with Gasteiger partial charge in [-0.15, -0.1) is 0 Å². The number of aryl methyl sites for hydroxylation is 1. The molecule has 1 aliphatic rings. The van der Waals surface area contributed by atoms with Crippen molar-refractivity contribution in [1.29, 1.82) is 0 Å². The van der Waals surface area contributed by atoms with Crippen LogP contribution >= 0.6 is 0 Å². The molecule has 5 heteroatoms. The van der Waals surface area contributed by atoms with Crippen LogP contribution in [0.15, 0.2) is 42.5 Å². The molecule has 1 unspecified atom stereocenters. The van der Waals surface area contributed by atoms with Crippen molar-refractivity contribution < 1.29 is 19.4 Å². The van der Waals surface area contributed by atoms with Gasteiger partial charge in [-0.25, -0.2) is 4.79 Å². The predicted molar refractivity (Wildman–Crippen MR) is 89.4 cm³/mol. The molecule has 0 radical (unpaired) electrons. The summed E-state index contributed by atoms with van der Waals surface area (Å²) in [6.45, 7) is 4.55. The van der Waals surface area contributed by atoms with Gasteiger partial charge in [0.25, 0.3) is 5.91 Å². The lowest BCUT2D eigenvalue weighted by molar-refractivity contribution is 0.0645. The lowest BCUT2D eigenvalue weighted by Gasteiger charge is -2.26. The number of rotatable bonds is 2. The van der Waals surface area contributed by atoms with Crippen LogP contribution in [0.25, 0.3) is 0 Å². The Balaban J connectivity index is 1.95. The summed E-state index contributed by atoms with van der Waals surface area (Å²) >= 11 is 0. The van der Waals surface area contributed by atoms with Gasteiger partial charge in [-0.1, -0.05) is 18.2 Å². The van der Waals surface area contributed by atoms with Gasteiger partial charge in [-0.05, 0) is 43.7 Å². The fourth-order valence-corrected chi connectivity index (χ4v) is 2.88. The number of amides is 1. The minimum atomic E-state index is -1.04. The summed E-state index contributed by atoms with van der Waals surface area (Å²) in [6.07, 6.45) is 0. The predicted octanol–water partition coefficient (Wildman–Crippen LogP) is 3.12. The van der Waals surface area contributed by atoms with Crippen LogP contribution in [0.2, 0.25) is 0 Å². The standard InChI is InChI=1S/C19H19NO4/c1-12-7-15(9-16(8-12)19(22)23)18(21)20-10-14-5-3-4-6-17(14)24-11-13(20)2/h3-9,13H,10-11H2,1-2H3,(H,22,23). The molecule has 3 rings (SSSR count). The van der Waals surface area contributed by atoms with E-state index in [2.05, 4.69) is 0 Å². The van der Waals surface area contributed by atoms with Crippen molar-refractivity contribution in [2.45, 2.75) is 26.4 Å². The largest absolute Gasteiger partial charge is 0.491 e. The summed E-state index contributed by atoms with van der Waals surface area (Å²) in [5.41, 5.74) is 2.20. The highest BCUT2D eigenvalue weighted by Gasteiger charge is 2.27. The minimum absolute atomic E-state index is 0.112. The van der Waals surface area contributed by atoms with Crippen LogP contribution in [0.3, 0.4) is 0 Å². The fraction of sp³-hybridized carbons (Fsp3) is 0.263. The third kappa shape index (κ3) is 3.11. The monoisotopic (exact) mass is 325 g/mol. The summed E-state index contributed by atoms with van der Waals surface area (Å²) in [4.78, 5) is 25.9. The highest BCUT2D eigenvalue weighted by Crippen LogP contribution is 2.26. The molecule has 1 N–H and O–H groups in total. The summed E-state index contributed by atoms with van der Waals surface area (Å²) in [5, 5.41) is 9.21. The second-order valence-corrected chi connectivity index (χ2v) is 6.09. The lowest BCUT2D eigenvalue weighted by Crippen LogP contribution is -2.40. The Labute approximate surface area is 140 Å². The number of hydrogen-bond donors (Lipinski definition) is 1. The van der Waals surface area contributed by atoms with Crippen molar-refractivity contribution in [2.75, 3.05) is 6.61 Å². The van der Waals surface area contributed by atoms with E-state index in [0.29, 0.717) is 18.7 Å². The van der Waals surface area contributed by atoms with E-state index in [4.69, 9.17) is 4.74 Å². The first-order valence-corrected chi connectivity index (χ1v) is 7.82. The third-order valence-corrected chi connectivity index (χ3v) is 4.16. The van der Waals surface area contributed by atoms with Gasteiger partial charge >= 0.3 is 5.97 Å². The smallest absolute Gasteiger partial charge is 0.335 e. The van der Waals surface area contributed by atoms with Crippen LogP contribution in [0.1, 0.15) is 38.8 Å². The molecule has 2 aromatic rings. The van der Waals surface area contributed by atoms with E-state index in [1.807, 2.05) is 31.2 Å². The number of aromatic carboxylic acids is 1. The highest BCUT2D eigenvalue weighted by molar-refractivity contribution is 5.98. The Bertz CT molecular complexity index is 800. The van der Waals surface area contributed by atoms with Gasteiger partial charge in [0, 0.05) is 11.1 Å². The number of carboxylic acids is 1. The molecule has 124 valence electrons. The van der Waals surface area contributed by atoms with Crippen molar-refractivity contribution in [1.82, 2.24) is 4.90 Å². The first-order chi connectivity index (χ1) is 11.5. The number of carboxylic acid groups (broad SMARTS) is 1. The van der Waals surface area contributed by atoms with Crippen molar-refractivity contribution in [2.24, 2.45) is 0 Å². The first-order valence-electron chi connectivity index (χ1n) is 7.82. The summed E-state index contributed by atoms with van der Waals surface area (Å²) in [6, 6.07) is 12.2. The number of para-hydroxylation sites is 1. The number of carbonyl (C=O) groups excluding carboxylic acids is 1. The molecule has 0 fully saturated rings. The maximum atomic E-state index is 13.0. The minimum Gasteiger partial charge on any atom is -0.491 e. The molecule has 1 aliphatic heterocycles. The fourth-order valence-electron chi connectivity index (χ4n) is 2.88. The van der Waals surface area contributed by atoms with E-state index in [-0.39, 0.29) is 17.5 Å². The topological polar surface area (TPSA) is 66.8 Å². The second-order valence-electron chi connectivity index (χ2n) is 6.09. The Kier molecular flexibility index (Phi) is 4.25. The third-order valence-electron chi connectivity index (χ3n) is 4.16. The van der Waals surface area contributed by atoms with E-state index in [1.165, 1.54) is 6.07 Å². The molecule has 0 spiro atoms. The number of benzene rings is 2. The zero-order valence-electron chi connectivity index (χ0n) is 13.7. The molecule has 0 aromatic heterocycles. The number of nitrogens with zero attached hydrogens (tertiary/aromatic N) is 1. The van der Waals surface area contributed by atoms with Crippen LogP contribution in [0, 0.1) is 6.92 Å². The zero-order chi connectivity index (χ0) is 17.3. The Morgan fingerprint density at radius 2 is 1.88 bits per heavy atom. The lowest BCUT2D eigenvalue weighted by atomic mass is 10.0. The Hall–Kier alpha value is -2.82. The van der Waals surface area contributed by atoms with Gasteiger partial charge in [0.2, 0.25) is 0 Å². The molecule has 0 bridgehead atoms. The van der Waals surface area contributed by atoms with Gasteiger partial charge in [-0.2, -0.15) is 0 Å². The molecule has 1 amide bonds. The molecule has 2 aromatic carbocycles. The van der Waals surface area contributed by atoms with Crippen molar-refractivity contribution in [3.05, 3.63) is 64.7 Å². The molecular formula is C19H19NO4. The molecule has 0 saturated carbocycles. The summed E-state index contributed by atoms with van der Waals surface area (Å²) in [7, 11) is 0. The van der Waals surface area contributed by atoms with Crippen molar-refractivity contribution in [3.8, 4) is 5.75 Å². The quantitative estimate of drug-likeness (QED) is 0.921. The van der Waals surface area contributed by atoms with Crippen LogP contribution in [0.4, 0.5) is 0 Å².